The number of carbonyl (C=O) groups excluding carboxylic acids is 3. The molecule has 0 aromatic carbocycles. The molecule has 1 aromatic heterocycles. The molecule has 1 heterocycles. The topological polar surface area (TPSA) is 82.6 Å². The van der Waals surface area contributed by atoms with Crippen LogP contribution in [0, 0.1) is 5.92 Å². The molecular weight excluding hydrogens is 274 g/mol. The monoisotopic (exact) mass is 293 g/mol. The zero-order valence-electron chi connectivity index (χ0n) is 12.4. The molecule has 0 saturated carbocycles. The highest BCUT2D eigenvalue weighted by molar-refractivity contribution is 6.16. The Labute approximate surface area is 123 Å². The first-order valence-corrected chi connectivity index (χ1v) is 6.80. The predicted molar refractivity (Wildman–Crippen MR) is 74.4 cm³/mol. The van der Waals surface area contributed by atoms with Crippen LogP contribution in [-0.2, 0) is 23.9 Å². The van der Waals surface area contributed by atoms with E-state index in [9.17, 15) is 14.4 Å². The number of aromatic nitrogens is 1. The maximum atomic E-state index is 12.4. The molecule has 1 unspecified atom stereocenters. The average molecular weight is 293 g/mol. The first kappa shape index (κ1) is 16.8. The van der Waals surface area contributed by atoms with Gasteiger partial charge in [-0.3, -0.25) is 19.4 Å². The molecule has 6 nitrogen and oxygen atoms in total. The summed E-state index contributed by atoms with van der Waals surface area (Å²) in [4.78, 5) is 40.2. The minimum Gasteiger partial charge on any atom is -0.465 e. The van der Waals surface area contributed by atoms with Crippen molar-refractivity contribution in [2.75, 3.05) is 13.2 Å². The van der Waals surface area contributed by atoms with Crippen LogP contribution < -0.4 is 0 Å². The number of hydrogen-bond donors (Lipinski definition) is 0. The maximum absolute atomic E-state index is 12.4. The number of hydrogen-bond acceptors (Lipinski definition) is 6. The molecule has 0 amide bonds. The van der Waals surface area contributed by atoms with Crippen molar-refractivity contribution in [3.63, 3.8) is 0 Å². The van der Waals surface area contributed by atoms with Crippen LogP contribution in [0.25, 0.3) is 0 Å². The van der Waals surface area contributed by atoms with Gasteiger partial charge in [-0.25, -0.2) is 0 Å². The highest BCUT2D eigenvalue weighted by atomic mass is 16.6. The normalized spacial score (nSPS) is 11.8. The minimum absolute atomic E-state index is 0.0833. The summed E-state index contributed by atoms with van der Waals surface area (Å²) in [7, 11) is 0. The Balaban J connectivity index is 2.99. The number of ether oxygens (including phenoxy) is 2. The molecule has 0 saturated heterocycles. The van der Waals surface area contributed by atoms with E-state index in [1.165, 1.54) is 0 Å². The Hall–Kier alpha value is -2.24. The summed E-state index contributed by atoms with van der Waals surface area (Å²) in [5.41, 5.74) is 0.487. The Bertz CT molecular complexity index is 482. The quantitative estimate of drug-likeness (QED) is 0.559. The fourth-order valence-electron chi connectivity index (χ4n) is 1.81. The Morgan fingerprint density at radius 1 is 1.10 bits per heavy atom. The summed E-state index contributed by atoms with van der Waals surface area (Å²) in [6.45, 7) is 4.97. The lowest BCUT2D eigenvalue weighted by Gasteiger charge is -2.17. The molecule has 21 heavy (non-hydrogen) atoms. The number of pyridine rings is 1. The number of nitrogens with zero attached hydrogens (tertiary/aromatic N) is 1. The summed E-state index contributed by atoms with van der Waals surface area (Å²) in [5, 5.41) is 0. The lowest BCUT2D eigenvalue weighted by Crippen LogP contribution is -2.37. The van der Waals surface area contributed by atoms with Crippen molar-refractivity contribution < 1.29 is 23.9 Å². The Kier molecular flexibility index (Phi) is 6.52. The molecule has 0 bridgehead atoms. The largest absolute Gasteiger partial charge is 0.465 e. The highest BCUT2D eigenvalue weighted by Crippen LogP contribution is 2.20. The predicted octanol–water partition coefficient (Wildman–Crippen LogP) is 1.50. The van der Waals surface area contributed by atoms with Crippen molar-refractivity contribution in [1.82, 2.24) is 4.98 Å². The molecule has 114 valence electrons. The van der Waals surface area contributed by atoms with Gasteiger partial charge >= 0.3 is 11.9 Å². The highest BCUT2D eigenvalue weighted by Gasteiger charge is 2.39. The van der Waals surface area contributed by atoms with Gasteiger partial charge in [0.05, 0.1) is 24.8 Å². The first-order valence-electron chi connectivity index (χ1n) is 6.80. The fraction of sp³-hybridized carbons (Fsp3) is 0.467. The second-order valence-corrected chi connectivity index (χ2v) is 4.32. The second-order valence-electron chi connectivity index (χ2n) is 4.32. The number of rotatable bonds is 7. The summed E-state index contributed by atoms with van der Waals surface area (Å²) < 4.78 is 9.60. The molecule has 0 aliphatic rings. The van der Waals surface area contributed by atoms with Gasteiger partial charge in [0.25, 0.3) is 0 Å². The van der Waals surface area contributed by atoms with Crippen molar-refractivity contribution in [2.24, 2.45) is 5.92 Å². The van der Waals surface area contributed by atoms with Gasteiger partial charge in [0.1, 0.15) is 0 Å². The molecular formula is C15H19NO5. The van der Waals surface area contributed by atoms with Crippen molar-refractivity contribution in [3.8, 4) is 0 Å². The smallest absolute Gasteiger partial charge is 0.328 e. The van der Waals surface area contributed by atoms with Gasteiger partial charge in [-0.1, -0.05) is 6.07 Å². The lowest BCUT2D eigenvalue weighted by atomic mass is 9.91. The van der Waals surface area contributed by atoms with Crippen LogP contribution in [-0.4, -0.2) is 35.9 Å². The van der Waals surface area contributed by atoms with Crippen LogP contribution in [0.2, 0.25) is 0 Å². The molecule has 1 atom stereocenters. The van der Waals surface area contributed by atoms with Crippen LogP contribution >= 0.6 is 0 Å². The van der Waals surface area contributed by atoms with Crippen LogP contribution in [0.3, 0.4) is 0 Å². The SMILES string of the molecule is CCOC(=O)C(C(=O)OCC)C(=O)C(C)c1ccccn1. The van der Waals surface area contributed by atoms with Crippen molar-refractivity contribution in [2.45, 2.75) is 26.7 Å². The molecule has 1 aromatic rings. The summed E-state index contributed by atoms with van der Waals surface area (Å²) in [6.07, 6.45) is 1.54. The third-order valence-electron chi connectivity index (χ3n) is 2.89. The fourth-order valence-corrected chi connectivity index (χ4v) is 1.81. The van der Waals surface area contributed by atoms with Crippen LogP contribution in [0.5, 0.6) is 0 Å². The second kappa shape index (κ2) is 8.14. The molecule has 6 heteroatoms. The van der Waals surface area contributed by atoms with E-state index < -0.39 is 29.6 Å². The van der Waals surface area contributed by atoms with E-state index in [4.69, 9.17) is 9.47 Å². The van der Waals surface area contributed by atoms with Crippen molar-refractivity contribution >= 4 is 17.7 Å². The van der Waals surface area contributed by atoms with Crippen LogP contribution in [0.1, 0.15) is 32.4 Å². The van der Waals surface area contributed by atoms with E-state index in [1.807, 2.05) is 0 Å². The van der Waals surface area contributed by atoms with Gasteiger partial charge in [-0.2, -0.15) is 0 Å². The standard InChI is InChI=1S/C15H19NO5/c1-4-20-14(18)12(15(19)21-5-2)13(17)10(3)11-8-6-7-9-16-11/h6-10,12H,4-5H2,1-3H3. The van der Waals surface area contributed by atoms with Gasteiger partial charge < -0.3 is 9.47 Å². The van der Waals surface area contributed by atoms with E-state index in [2.05, 4.69) is 4.98 Å². The molecule has 0 radical (unpaired) electrons. The summed E-state index contributed by atoms with van der Waals surface area (Å²) in [6, 6.07) is 5.11. The molecule has 0 aliphatic heterocycles. The maximum Gasteiger partial charge on any atom is 0.328 e. The van der Waals surface area contributed by atoms with Gasteiger partial charge in [0.2, 0.25) is 5.92 Å². The van der Waals surface area contributed by atoms with E-state index in [0.717, 1.165) is 0 Å². The lowest BCUT2D eigenvalue weighted by molar-refractivity contribution is -0.164. The molecule has 0 N–H and O–H groups in total. The summed E-state index contributed by atoms with van der Waals surface area (Å²) >= 11 is 0. The molecule has 0 spiro atoms. The molecule has 0 fully saturated rings. The third kappa shape index (κ3) is 4.37. The van der Waals surface area contributed by atoms with Crippen molar-refractivity contribution in [3.05, 3.63) is 30.1 Å². The number of esters is 2. The minimum atomic E-state index is -1.57. The van der Waals surface area contributed by atoms with E-state index >= 15 is 0 Å². The van der Waals surface area contributed by atoms with Gasteiger partial charge in [-0.15, -0.1) is 0 Å². The molecule has 0 aliphatic carbocycles. The van der Waals surface area contributed by atoms with Gasteiger partial charge in [-0.05, 0) is 32.9 Å². The van der Waals surface area contributed by atoms with Crippen LogP contribution in [0.15, 0.2) is 24.4 Å². The van der Waals surface area contributed by atoms with E-state index in [-0.39, 0.29) is 13.2 Å². The van der Waals surface area contributed by atoms with Crippen LogP contribution in [0.4, 0.5) is 0 Å². The summed E-state index contributed by atoms with van der Waals surface area (Å²) in [5.74, 6) is -4.62. The zero-order chi connectivity index (χ0) is 15.8. The van der Waals surface area contributed by atoms with E-state index in [0.29, 0.717) is 5.69 Å². The first-order chi connectivity index (χ1) is 10.0. The Morgan fingerprint density at radius 2 is 1.67 bits per heavy atom. The zero-order valence-corrected chi connectivity index (χ0v) is 12.4. The van der Waals surface area contributed by atoms with E-state index in [1.54, 1.807) is 45.2 Å². The van der Waals surface area contributed by atoms with Gasteiger partial charge in [0.15, 0.2) is 5.78 Å². The number of ketones is 1. The van der Waals surface area contributed by atoms with Gasteiger partial charge in [0, 0.05) is 6.20 Å². The number of carbonyl (C=O) groups is 3. The average Bonchev–Trinajstić information content (AvgIpc) is 2.48. The third-order valence-corrected chi connectivity index (χ3v) is 2.89. The Morgan fingerprint density at radius 3 is 2.10 bits per heavy atom. The van der Waals surface area contributed by atoms with Crippen molar-refractivity contribution in [1.29, 1.82) is 0 Å². The molecule has 1 rings (SSSR count). The number of Topliss-reactive ketones (excluding diaryl/α,β-unsaturated/α-hetero) is 1.